The van der Waals surface area contributed by atoms with Crippen molar-refractivity contribution in [3.8, 4) is 22.8 Å². The second kappa shape index (κ2) is 11.1. The Hall–Kier alpha value is -3.82. The first-order valence-electron chi connectivity index (χ1n) is 13.0. The molecule has 1 unspecified atom stereocenters. The molecule has 206 valence electrons. The first-order chi connectivity index (χ1) is 18.7. The van der Waals surface area contributed by atoms with Gasteiger partial charge in [0.25, 0.3) is 0 Å². The Bertz CT molecular complexity index is 1320. The molecule has 0 spiro atoms. The van der Waals surface area contributed by atoms with Crippen molar-refractivity contribution >= 4 is 11.7 Å². The zero-order valence-electron chi connectivity index (χ0n) is 21.6. The SMILES string of the molecule is COc1ccc(-c2ccc(C(F)(F)F)nc2)c(N2CCC(COc3cc4c(cn3)CCC4CC(=O)O)CC2)c1. The van der Waals surface area contributed by atoms with Gasteiger partial charge < -0.3 is 19.5 Å². The largest absolute Gasteiger partial charge is 0.497 e. The molecule has 1 fully saturated rings. The lowest BCUT2D eigenvalue weighted by molar-refractivity contribution is -0.141. The van der Waals surface area contributed by atoms with E-state index in [2.05, 4.69) is 14.9 Å². The van der Waals surface area contributed by atoms with Crippen molar-refractivity contribution in [1.82, 2.24) is 9.97 Å². The average molecular weight is 542 g/mol. The van der Waals surface area contributed by atoms with Crippen LogP contribution in [-0.2, 0) is 17.4 Å². The van der Waals surface area contributed by atoms with Crippen molar-refractivity contribution < 1.29 is 32.5 Å². The van der Waals surface area contributed by atoms with Gasteiger partial charge in [-0.15, -0.1) is 0 Å². The van der Waals surface area contributed by atoms with Crippen LogP contribution in [0, 0.1) is 5.92 Å². The first kappa shape index (κ1) is 26.8. The number of carbonyl (C=O) groups is 1. The van der Waals surface area contributed by atoms with Gasteiger partial charge in [0.05, 0.1) is 20.1 Å². The van der Waals surface area contributed by atoms with Crippen LogP contribution in [0.1, 0.15) is 48.4 Å². The number of nitrogens with zero attached hydrogens (tertiary/aromatic N) is 3. The number of anilines is 1. The van der Waals surface area contributed by atoms with Crippen LogP contribution in [0.2, 0.25) is 0 Å². The second-order valence-corrected chi connectivity index (χ2v) is 10.1. The van der Waals surface area contributed by atoms with Crippen LogP contribution in [0.3, 0.4) is 0 Å². The summed E-state index contributed by atoms with van der Waals surface area (Å²) >= 11 is 0. The molecule has 1 atom stereocenters. The highest BCUT2D eigenvalue weighted by atomic mass is 19.4. The number of rotatable bonds is 8. The molecular formula is C29H30F3N3O4. The van der Waals surface area contributed by atoms with Crippen LogP contribution in [0.4, 0.5) is 18.9 Å². The lowest BCUT2D eigenvalue weighted by Gasteiger charge is -2.35. The van der Waals surface area contributed by atoms with Crippen molar-refractivity contribution in [1.29, 1.82) is 0 Å². The third kappa shape index (κ3) is 6.10. The molecule has 2 aliphatic rings. The van der Waals surface area contributed by atoms with Gasteiger partial charge in [-0.25, -0.2) is 4.98 Å². The van der Waals surface area contributed by atoms with Crippen molar-refractivity contribution in [2.75, 3.05) is 31.7 Å². The minimum atomic E-state index is -4.49. The van der Waals surface area contributed by atoms with Gasteiger partial charge in [-0.3, -0.25) is 9.78 Å². The van der Waals surface area contributed by atoms with Crippen LogP contribution < -0.4 is 14.4 Å². The number of piperidine rings is 1. The predicted molar refractivity (Wildman–Crippen MR) is 139 cm³/mol. The molecule has 1 N–H and O–H groups in total. The van der Waals surface area contributed by atoms with E-state index in [0.717, 1.165) is 67.2 Å². The van der Waals surface area contributed by atoms with E-state index in [1.807, 2.05) is 18.2 Å². The van der Waals surface area contributed by atoms with E-state index >= 15 is 0 Å². The molecular weight excluding hydrogens is 511 g/mol. The summed E-state index contributed by atoms with van der Waals surface area (Å²) in [5.74, 6) is 0.713. The van der Waals surface area contributed by atoms with Gasteiger partial charge in [0.1, 0.15) is 11.4 Å². The average Bonchev–Trinajstić information content (AvgIpc) is 3.32. The van der Waals surface area contributed by atoms with Gasteiger partial charge in [0.15, 0.2) is 0 Å². The van der Waals surface area contributed by atoms with E-state index in [-0.39, 0.29) is 12.3 Å². The summed E-state index contributed by atoms with van der Waals surface area (Å²) in [5, 5.41) is 9.20. The summed E-state index contributed by atoms with van der Waals surface area (Å²) in [6, 6.07) is 9.90. The fourth-order valence-corrected chi connectivity index (χ4v) is 5.46. The molecule has 7 nitrogen and oxygen atoms in total. The smallest absolute Gasteiger partial charge is 0.433 e. The molecule has 0 bridgehead atoms. The highest BCUT2D eigenvalue weighted by Gasteiger charge is 2.32. The molecule has 1 aromatic carbocycles. The number of pyridine rings is 2. The number of ether oxygens (including phenoxy) is 2. The maximum absolute atomic E-state index is 13.0. The molecule has 39 heavy (non-hydrogen) atoms. The van der Waals surface area contributed by atoms with E-state index in [0.29, 0.717) is 29.7 Å². The Balaban J connectivity index is 1.24. The summed E-state index contributed by atoms with van der Waals surface area (Å²) in [6.07, 6.45) is 2.09. The molecule has 1 saturated heterocycles. The number of carboxylic acid groups (broad SMARTS) is 1. The number of aryl methyl sites for hydroxylation is 1. The number of hydrogen-bond donors (Lipinski definition) is 1. The number of alkyl halides is 3. The molecule has 0 saturated carbocycles. The van der Waals surface area contributed by atoms with Gasteiger partial charge in [-0.1, -0.05) is 6.07 Å². The summed E-state index contributed by atoms with van der Waals surface area (Å²) in [4.78, 5) is 21.5. The van der Waals surface area contributed by atoms with E-state index in [4.69, 9.17) is 9.47 Å². The van der Waals surface area contributed by atoms with Gasteiger partial charge in [0, 0.05) is 54.4 Å². The van der Waals surface area contributed by atoms with E-state index < -0.39 is 17.8 Å². The number of methoxy groups -OCH3 is 1. The Morgan fingerprint density at radius 1 is 1.08 bits per heavy atom. The van der Waals surface area contributed by atoms with Crippen LogP contribution in [-0.4, -0.2) is 47.8 Å². The van der Waals surface area contributed by atoms with E-state index in [1.165, 1.54) is 12.3 Å². The minimum absolute atomic E-state index is 0.00279. The quantitative estimate of drug-likeness (QED) is 0.376. The molecule has 1 aliphatic heterocycles. The zero-order valence-corrected chi connectivity index (χ0v) is 21.6. The van der Waals surface area contributed by atoms with Gasteiger partial charge in [0.2, 0.25) is 5.88 Å². The summed E-state index contributed by atoms with van der Waals surface area (Å²) < 4.78 is 50.4. The number of hydrogen-bond acceptors (Lipinski definition) is 6. The van der Waals surface area contributed by atoms with Crippen LogP contribution in [0.5, 0.6) is 11.6 Å². The number of benzene rings is 1. The topological polar surface area (TPSA) is 84.8 Å². The summed E-state index contributed by atoms with van der Waals surface area (Å²) in [5.41, 5.74) is 3.50. The maximum Gasteiger partial charge on any atom is 0.433 e. The third-order valence-electron chi connectivity index (χ3n) is 7.61. The van der Waals surface area contributed by atoms with Gasteiger partial charge in [-0.2, -0.15) is 13.2 Å². The van der Waals surface area contributed by atoms with Crippen molar-refractivity contribution in [2.24, 2.45) is 5.92 Å². The third-order valence-corrected chi connectivity index (χ3v) is 7.61. The standard InChI is InChI=1S/C29H30F3N3O4/c1-38-22-5-6-23(20-4-7-26(33-15-20)29(30,31)32)25(13-22)35-10-8-18(9-11-35)17-39-27-14-24-19(12-28(36)37)2-3-21(24)16-34-27/h4-7,13-16,18-19H,2-3,8-12,17H2,1H3,(H,36,37). The minimum Gasteiger partial charge on any atom is -0.497 e. The fourth-order valence-electron chi connectivity index (χ4n) is 5.46. The lowest BCUT2D eigenvalue weighted by Crippen LogP contribution is -2.35. The van der Waals surface area contributed by atoms with E-state index in [1.54, 1.807) is 19.4 Å². The Morgan fingerprint density at radius 3 is 2.54 bits per heavy atom. The van der Waals surface area contributed by atoms with Crippen LogP contribution in [0.15, 0.2) is 48.8 Å². The molecule has 1 aliphatic carbocycles. The van der Waals surface area contributed by atoms with Gasteiger partial charge in [-0.05, 0) is 66.8 Å². The van der Waals surface area contributed by atoms with Crippen LogP contribution >= 0.6 is 0 Å². The molecule has 2 aromatic heterocycles. The van der Waals surface area contributed by atoms with Crippen molar-refractivity contribution in [3.05, 3.63) is 65.6 Å². The van der Waals surface area contributed by atoms with Crippen molar-refractivity contribution in [3.63, 3.8) is 0 Å². The number of carboxylic acids is 1. The Labute approximate surface area is 224 Å². The second-order valence-electron chi connectivity index (χ2n) is 10.1. The van der Waals surface area contributed by atoms with Crippen LogP contribution in [0.25, 0.3) is 11.1 Å². The molecule has 10 heteroatoms. The molecule has 3 aromatic rings. The molecule has 5 rings (SSSR count). The predicted octanol–water partition coefficient (Wildman–Crippen LogP) is 5.97. The molecule has 0 radical (unpaired) electrons. The Morgan fingerprint density at radius 2 is 1.87 bits per heavy atom. The maximum atomic E-state index is 13.0. The fraction of sp³-hybridized carbons (Fsp3) is 0.414. The summed E-state index contributed by atoms with van der Waals surface area (Å²) in [7, 11) is 1.58. The summed E-state index contributed by atoms with van der Waals surface area (Å²) in [6.45, 7) is 2.01. The highest BCUT2D eigenvalue weighted by Crippen LogP contribution is 2.38. The highest BCUT2D eigenvalue weighted by molar-refractivity contribution is 5.79. The number of aromatic nitrogens is 2. The van der Waals surface area contributed by atoms with Gasteiger partial charge >= 0.3 is 12.1 Å². The zero-order chi connectivity index (χ0) is 27.6. The number of aliphatic carboxylic acids is 1. The normalized spacial score (nSPS) is 17.6. The van der Waals surface area contributed by atoms with E-state index in [9.17, 15) is 23.1 Å². The van der Waals surface area contributed by atoms with Crippen molar-refractivity contribution in [2.45, 2.75) is 44.2 Å². The number of halogens is 3. The molecule has 3 heterocycles. The first-order valence-corrected chi connectivity index (χ1v) is 13.0. The molecule has 0 amide bonds. The Kier molecular flexibility index (Phi) is 7.63. The monoisotopic (exact) mass is 541 g/mol. The lowest BCUT2D eigenvalue weighted by atomic mass is 9.95. The number of fused-ring (bicyclic) bond motifs is 1.